The van der Waals surface area contributed by atoms with Crippen molar-refractivity contribution < 1.29 is 4.74 Å². The fourth-order valence-corrected chi connectivity index (χ4v) is 2.79. The number of ether oxygens (including phenoxy) is 1. The summed E-state index contributed by atoms with van der Waals surface area (Å²) in [7, 11) is 0. The van der Waals surface area contributed by atoms with E-state index in [1.54, 1.807) is 0 Å². The van der Waals surface area contributed by atoms with E-state index in [9.17, 15) is 0 Å². The average molecular weight is 272 g/mol. The third-order valence-electron chi connectivity index (χ3n) is 4.63. The number of nitrogens with one attached hydrogen (secondary N) is 1. The number of hydrogen-bond donors (Lipinski definition) is 1. The van der Waals surface area contributed by atoms with Crippen molar-refractivity contribution in [2.75, 3.05) is 13.2 Å². The second-order valence-electron chi connectivity index (χ2n) is 5.83. The number of hydrogen-bond acceptors (Lipinski definition) is 3. The molecule has 1 unspecified atom stereocenters. The Kier molecular flexibility index (Phi) is 5.03. The van der Waals surface area contributed by atoms with E-state index in [0.717, 1.165) is 12.3 Å². The molecule has 2 rings (SSSR count). The minimum atomic E-state index is 0.103. The zero-order valence-electron chi connectivity index (χ0n) is 12.5. The quantitative estimate of drug-likeness (QED) is 0.820. The van der Waals surface area contributed by atoms with E-state index < -0.39 is 0 Å². The molecule has 20 heavy (non-hydrogen) atoms. The molecule has 3 nitrogen and oxygen atoms in total. The Morgan fingerprint density at radius 2 is 2.05 bits per heavy atom. The largest absolute Gasteiger partial charge is 0.479 e. The molecular formula is C17H24N2O. The molecule has 0 saturated heterocycles. The van der Waals surface area contributed by atoms with E-state index in [4.69, 9.17) is 10.00 Å². The minimum Gasteiger partial charge on any atom is -0.479 e. The van der Waals surface area contributed by atoms with Crippen molar-refractivity contribution in [1.29, 1.82) is 5.26 Å². The van der Waals surface area contributed by atoms with E-state index in [-0.39, 0.29) is 6.61 Å². The molecule has 1 N–H and O–H groups in total. The molecule has 1 aromatic rings. The summed E-state index contributed by atoms with van der Waals surface area (Å²) in [6.45, 7) is 5.71. The van der Waals surface area contributed by atoms with Crippen molar-refractivity contribution in [1.82, 2.24) is 5.32 Å². The van der Waals surface area contributed by atoms with Crippen LogP contribution in [0.1, 0.15) is 51.1 Å². The zero-order chi connectivity index (χ0) is 14.4. The van der Waals surface area contributed by atoms with E-state index in [2.05, 4.69) is 31.3 Å². The van der Waals surface area contributed by atoms with Gasteiger partial charge in [-0.25, -0.2) is 0 Å². The summed E-state index contributed by atoms with van der Waals surface area (Å²) < 4.78 is 5.27. The molecule has 0 aromatic heterocycles. The van der Waals surface area contributed by atoms with E-state index >= 15 is 0 Å². The van der Waals surface area contributed by atoms with Crippen molar-refractivity contribution in [3.63, 3.8) is 0 Å². The van der Waals surface area contributed by atoms with Crippen LogP contribution in [-0.4, -0.2) is 13.2 Å². The molecule has 1 aliphatic carbocycles. The third-order valence-corrected chi connectivity index (χ3v) is 4.63. The first-order valence-corrected chi connectivity index (χ1v) is 7.52. The summed E-state index contributed by atoms with van der Waals surface area (Å²) in [5.41, 5.74) is 1.81. The summed E-state index contributed by atoms with van der Waals surface area (Å²) in [5.74, 6) is 0.756. The van der Waals surface area contributed by atoms with Crippen molar-refractivity contribution in [2.24, 2.45) is 5.41 Å². The van der Waals surface area contributed by atoms with Crippen LogP contribution in [0.4, 0.5) is 0 Å². The topological polar surface area (TPSA) is 45.0 Å². The maximum atomic E-state index is 8.48. The highest BCUT2D eigenvalue weighted by Gasteiger charge is 2.34. The summed E-state index contributed by atoms with van der Waals surface area (Å²) >= 11 is 0. The lowest BCUT2D eigenvalue weighted by molar-refractivity contribution is 0.120. The van der Waals surface area contributed by atoms with Crippen LogP contribution < -0.4 is 10.1 Å². The Hall–Kier alpha value is -1.53. The lowest BCUT2D eigenvalue weighted by Crippen LogP contribution is -2.40. The Morgan fingerprint density at radius 3 is 2.55 bits per heavy atom. The van der Waals surface area contributed by atoms with E-state index in [0.29, 0.717) is 11.5 Å². The first-order valence-electron chi connectivity index (χ1n) is 7.52. The molecule has 1 aromatic carbocycles. The molecule has 0 bridgehead atoms. The maximum absolute atomic E-state index is 8.48. The second-order valence-corrected chi connectivity index (χ2v) is 5.83. The van der Waals surface area contributed by atoms with Crippen LogP contribution in [0.25, 0.3) is 0 Å². The van der Waals surface area contributed by atoms with Gasteiger partial charge in [0.25, 0.3) is 0 Å². The smallest absolute Gasteiger partial charge is 0.174 e. The molecule has 1 atom stereocenters. The van der Waals surface area contributed by atoms with Crippen molar-refractivity contribution in [2.45, 2.75) is 45.6 Å². The van der Waals surface area contributed by atoms with Gasteiger partial charge in [-0.3, -0.25) is 0 Å². The highest BCUT2D eigenvalue weighted by atomic mass is 16.5. The zero-order valence-corrected chi connectivity index (χ0v) is 12.5. The van der Waals surface area contributed by atoms with Crippen LogP contribution in [0.2, 0.25) is 0 Å². The predicted octanol–water partition coefficient (Wildman–Crippen LogP) is 3.82. The maximum Gasteiger partial charge on any atom is 0.174 e. The molecule has 0 spiro atoms. The molecular weight excluding hydrogens is 248 g/mol. The second kappa shape index (κ2) is 6.76. The normalized spacial score (nSPS) is 17.9. The Bertz CT molecular complexity index is 451. The van der Waals surface area contributed by atoms with Crippen molar-refractivity contribution in [3.8, 4) is 11.8 Å². The molecule has 0 amide bonds. The molecule has 1 fully saturated rings. The van der Waals surface area contributed by atoms with Gasteiger partial charge in [0.2, 0.25) is 0 Å². The SMILES string of the molecule is CCC1(CNC(C)c2ccc(OCC#N)cc2)CCC1. The molecule has 1 saturated carbocycles. The molecule has 0 heterocycles. The Morgan fingerprint density at radius 1 is 1.35 bits per heavy atom. The Balaban J connectivity index is 1.86. The highest BCUT2D eigenvalue weighted by molar-refractivity contribution is 5.29. The average Bonchev–Trinajstić information content (AvgIpc) is 2.45. The van der Waals surface area contributed by atoms with Crippen molar-refractivity contribution in [3.05, 3.63) is 29.8 Å². The number of nitriles is 1. The van der Waals surface area contributed by atoms with E-state index in [1.807, 2.05) is 18.2 Å². The molecule has 1 aliphatic rings. The molecule has 108 valence electrons. The number of benzene rings is 1. The fraction of sp³-hybridized carbons (Fsp3) is 0.588. The van der Waals surface area contributed by atoms with E-state index in [1.165, 1.54) is 31.2 Å². The van der Waals surface area contributed by atoms with Gasteiger partial charge in [0.05, 0.1) is 0 Å². The van der Waals surface area contributed by atoms with Crippen LogP contribution in [0.15, 0.2) is 24.3 Å². The summed E-state index contributed by atoms with van der Waals surface area (Å²) in [4.78, 5) is 0. The highest BCUT2D eigenvalue weighted by Crippen LogP contribution is 2.43. The van der Waals surface area contributed by atoms with Gasteiger partial charge in [-0.2, -0.15) is 5.26 Å². The van der Waals surface area contributed by atoms with Gasteiger partial charge in [0.15, 0.2) is 6.61 Å². The van der Waals surface area contributed by atoms with Gasteiger partial charge in [-0.1, -0.05) is 25.5 Å². The molecule has 3 heteroatoms. The first-order chi connectivity index (χ1) is 9.69. The summed E-state index contributed by atoms with van der Waals surface area (Å²) in [5, 5.41) is 12.1. The lowest BCUT2D eigenvalue weighted by Gasteiger charge is -2.42. The van der Waals surface area contributed by atoms with Gasteiger partial charge in [0, 0.05) is 12.6 Å². The number of nitrogens with zero attached hydrogens (tertiary/aromatic N) is 1. The van der Waals surface area contributed by atoms with Crippen LogP contribution in [0.5, 0.6) is 5.75 Å². The van der Waals surface area contributed by atoms with Gasteiger partial charge >= 0.3 is 0 Å². The molecule has 0 radical (unpaired) electrons. The Labute approximate surface area is 121 Å². The fourth-order valence-electron chi connectivity index (χ4n) is 2.79. The van der Waals surface area contributed by atoms with Gasteiger partial charge in [0.1, 0.15) is 11.8 Å². The van der Waals surface area contributed by atoms with Crippen LogP contribution in [0.3, 0.4) is 0 Å². The monoisotopic (exact) mass is 272 g/mol. The summed E-state index contributed by atoms with van der Waals surface area (Å²) in [6, 6.07) is 10.3. The summed E-state index contributed by atoms with van der Waals surface area (Å²) in [6.07, 6.45) is 5.39. The van der Waals surface area contributed by atoms with Gasteiger partial charge < -0.3 is 10.1 Å². The first kappa shape index (κ1) is 14.9. The number of rotatable bonds is 7. The van der Waals surface area contributed by atoms with Gasteiger partial charge in [-0.05, 0) is 49.3 Å². The van der Waals surface area contributed by atoms with Crippen LogP contribution in [-0.2, 0) is 0 Å². The molecule has 0 aliphatic heterocycles. The predicted molar refractivity (Wildman–Crippen MR) is 80.5 cm³/mol. The third kappa shape index (κ3) is 3.52. The van der Waals surface area contributed by atoms with Crippen molar-refractivity contribution >= 4 is 0 Å². The standard InChI is InChI=1S/C17H24N2O/c1-3-17(9-4-10-17)13-19-14(2)15-5-7-16(8-6-15)20-12-11-18/h5-8,14,19H,3-4,9-10,12-13H2,1-2H3. The minimum absolute atomic E-state index is 0.103. The lowest BCUT2D eigenvalue weighted by atomic mass is 9.67. The van der Waals surface area contributed by atoms with Crippen LogP contribution in [0, 0.1) is 16.7 Å². The van der Waals surface area contributed by atoms with Crippen LogP contribution >= 0.6 is 0 Å². The van der Waals surface area contributed by atoms with Gasteiger partial charge in [-0.15, -0.1) is 0 Å².